The molecule has 1 unspecified atom stereocenters. The van der Waals surface area contributed by atoms with Gasteiger partial charge in [-0.15, -0.1) is 5.10 Å². The number of benzene rings is 3. The van der Waals surface area contributed by atoms with Crippen molar-refractivity contribution in [3.05, 3.63) is 116 Å². The highest BCUT2D eigenvalue weighted by molar-refractivity contribution is 7.98. The van der Waals surface area contributed by atoms with Crippen LogP contribution >= 0.6 is 46.6 Å². The van der Waals surface area contributed by atoms with Gasteiger partial charge in [-0.3, -0.25) is 0 Å². The van der Waals surface area contributed by atoms with Crippen molar-refractivity contribution >= 4 is 58.5 Å². The fraction of sp³-hybridized carbons (Fsp3) is 0.219. The Balaban J connectivity index is 1.49. The molecule has 1 aliphatic heterocycles. The van der Waals surface area contributed by atoms with Gasteiger partial charge in [0.25, 0.3) is 0 Å². The van der Waals surface area contributed by atoms with Crippen molar-refractivity contribution in [3.8, 4) is 11.5 Å². The lowest BCUT2D eigenvalue weighted by Gasteiger charge is -2.28. The number of carbonyl (C=O) groups excluding carboxylic acids is 1. The Morgan fingerprint density at radius 1 is 1.05 bits per heavy atom. The number of carbonyl (C=O) groups is 1. The summed E-state index contributed by atoms with van der Waals surface area (Å²) in [6.07, 6.45) is 1.52. The third kappa shape index (κ3) is 7.18. The smallest absolute Gasteiger partial charge is 0.338 e. The summed E-state index contributed by atoms with van der Waals surface area (Å²) < 4.78 is 19.3. The molecule has 5 rings (SSSR count). The van der Waals surface area contributed by atoms with Gasteiger partial charge in [-0.2, -0.15) is 4.98 Å². The molecule has 12 heteroatoms. The van der Waals surface area contributed by atoms with Gasteiger partial charge in [-0.1, -0.05) is 89.6 Å². The molecule has 0 bridgehead atoms. The minimum atomic E-state index is -0.662. The number of fused-ring (bicyclic) bond motifs is 1. The van der Waals surface area contributed by atoms with Gasteiger partial charge in [-0.25, -0.2) is 9.48 Å². The van der Waals surface area contributed by atoms with Crippen LogP contribution in [0.3, 0.4) is 0 Å². The van der Waals surface area contributed by atoms with E-state index in [9.17, 15) is 4.79 Å². The molecule has 8 nitrogen and oxygen atoms in total. The molecule has 44 heavy (non-hydrogen) atoms. The van der Waals surface area contributed by atoms with Crippen molar-refractivity contribution in [1.82, 2.24) is 14.8 Å². The van der Waals surface area contributed by atoms with E-state index in [0.29, 0.717) is 61.3 Å². The molecule has 1 N–H and O–H groups in total. The third-order valence-electron chi connectivity index (χ3n) is 6.68. The second kappa shape index (κ2) is 14.4. The Labute approximate surface area is 275 Å². The van der Waals surface area contributed by atoms with Crippen molar-refractivity contribution in [1.29, 1.82) is 0 Å². The minimum Gasteiger partial charge on any atom is -0.490 e. The second-order valence-electron chi connectivity index (χ2n) is 9.66. The Bertz CT molecular complexity index is 1730. The van der Waals surface area contributed by atoms with Gasteiger partial charge >= 0.3 is 5.97 Å². The highest BCUT2D eigenvalue weighted by Gasteiger charge is 2.36. The van der Waals surface area contributed by atoms with Crippen molar-refractivity contribution < 1.29 is 19.0 Å². The Hall–Kier alpha value is -3.63. The number of thioether (sulfide) groups is 1. The number of rotatable bonds is 12. The van der Waals surface area contributed by atoms with E-state index in [2.05, 4.69) is 11.9 Å². The summed E-state index contributed by atoms with van der Waals surface area (Å²) in [5.41, 5.74) is 3.46. The lowest BCUT2D eigenvalue weighted by Crippen LogP contribution is -2.29. The van der Waals surface area contributed by atoms with Crippen molar-refractivity contribution in [3.63, 3.8) is 0 Å². The number of halogens is 3. The number of ether oxygens (including phenoxy) is 3. The van der Waals surface area contributed by atoms with Gasteiger partial charge in [0.1, 0.15) is 19.3 Å². The molecule has 2 heterocycles. The zero-order valence-electron chi connectivity index (χ0n) is 24.0. The first-order valence-electron chi connectivity index (χ1n) is 13.7. The highest BCUT2D eigenvalue weighted by atomic mass is 35.5. The van der Waals surface area contributed by atoms with Crippen LogP contribution in [0.4, 0.5) is 5.95 Å². The van der Waals surface area contributed by atoms with Crippen molar-refractivity contribution in [2.75, 3.05) is 18.5 Å². The first kappa shape index (κ1) is 31.8. The number of esters is 1. The van der Waals surface area contributed by atoms with E-state index in [1.54, 1.807) is 22.9 Å². The van der Waals surface area contributed by atoms with Crippen LogP contribution in [-0.2, 0) is 21.9 Å². The van der Waals surface area contributed by atoms with Gasteiger partial charge in [0, 0.05) is 32.1 Å². The third-order valence-corrected chi connectivity index (χ3v) is 8.52. The predicted octanol–water partition coefficient (Wildman–Crippen LogP) is 8.53. The molecule has 0 fully saturated rings. The van der Waals surface area contributed by atoms with Gasteiger partial charge in [0.2, 0.25) is 11.1 Å². The van der Waals surface area contributed by atoms with E-state index in [0.717, 1.165) is 16.7 Å². The van der Waals surface area contributed by atoms with Crippen LogP contribution in [0.5, 0.6) is 11.5 Å². The maximum Gasteiger partial charge on any atom is 0.338 e. The van der Waals surface area contributed by atoms with E-state index in [1.807, 2.05) is 56.3 Å². The number of aromatic nitrogens is 3. The monoisotopic (exact) mass is 670 g/mol. The molecule has 1 aliphatic rings. The lowest BCUT2D eigenvalue weighted by atomic mass is 9.95. The van der Waals surface area contributed by atoms with Crippen molar-refractivity contribution in [2.24, 2.45) is 0 Å². The normalized spacial score (nSPS) is 14.1. The Morgan fingerprint density at radius 3 is 2.61 bits per heavy atom. The Kier molecular flexibility index (Phi) is 10.4. The summed E-state index contributed by atoms with van der Waals surface area (Å²) in [5.74, 6) is 1.58. The maximum atomic E-state index is 13.4. The van der Waals surface area contributed by atoms with Crippen LogP contribution < -0.4 is 14.8 Å². The number of nitrogens with one attached hydrogen (secondary N) is 1. The second-order valence-corrected chi connectivity index (χ2v) is 11.9. The summed E-state index contributed by atoms with van der Waals surface area (Å²) in [7, 11) is 0. The number of hydrogen-bond acceptors (Lipinski definition) is 8. The summed E-state index contributed by atoms with van der Waals surface area (Å²) in [4.78, 5) is 18.1. The fourth-order valence-corrected chi connectivity index (χ4v) is 6.19. The maximum absolute atomic E-state index is 13.4. The predicted molar refractivity (Wildman–Crippen MR) is 175 cm³/mol. The lowest BCUT2D eigenvalue weighted by molar-refractivity contribution is -0.138. The average Bonchev–Trinajstić information content (AvgIpc) is 3.41. The molecular weight excluding hydrogens is 643 g/mol. The van der Waals surface area contributed by atoms with Crippen LogP contribution in [0.25, 0.3) is 0 Å². The molecule has 1 atom stereocenters. The van der Waals surface area contributed by atoms with Crippen LogP contribution in [0.2, 0.25) is 15.1 Å². The SMILES string of the molecule is C=CCOC(=O)C1=C(C)Nc2nc(SCc3ccccc3Cl)nn2C1c1ccc(OCc2ccc(Cl)cc2Cl)c(OCC)c1. The molecule has 4 aromatic rings. The largest absolute Gasteiger partial charge is 0.490 e. The van der Waals surface area contributed by atoms with Crippen LogP contribution in [0, 0.1) is 0 Å². The molecule has 228 valence electrons. The first-order chi connectivity index (χ1) is 21.3. The number of allylic oxidation sites excluding steroid dienone is 1. The summed E-state index contributed by atoms with van der Waals surface area (Å²) in [5, 5.41) is 10.3. The number of hydrogen-bond donors (Lipinski definition) is 1. The van der Waals surface area contributed by atoms with Crippen molar-refractivity contribution in [2.45, 2.75) is 37.4 Å². The topological polar surface area (TPSA) is 87.5 Å². The standard InChI is InChI=1S/C32H29Cl3N4O4S/c1-4-14-42-30(40)28-19(3)36-31-37-32(44-18-22-8-6-7-9-24(22)34)38-39(31)29(28)20-11-13-26(27(15-20)41-5-2)43-17-21-10-12-23(33)16-25(21)35/h4,6-13,15-16,29H,1,5,14,17-18H2,2-3H3,(H,36,37,38). The van der Waals surface area contributed by atoms with E-state index in [-0.39, 0.29) is 13.2 Å². The van der Waals surface area contributed by atoms with Gasteiger partial charge < -0.3 is 19.5 Å². The molecule has 1 aromatic heterocycles. The minimum absolute atomic E-state index is 0.0652. The van der Waals surface area contributed by atoms with E-state index >= 15 is 0 Å². The van der Waals surface area contributed by atoms with E-state index in [1.165, 1.54) is 17.8 Å². The van der Waals surface area contributed by atoms with E-state index < -0.39 is 12.0 Å². The van der Waals surface area contributed by atoms with E-state index in [4.69, 9.17) is 59.1 Å². The Morgan fingerprint density at radius 2 is 1.86 bits per heavy atom. The number of nitrogens with zero attached hydrogens (tertiary/aromatic N) is 3. The summed E-state index contributed by atoms with van der Waals surface area (Å²) >= 11 is 20.2. The molecule has 0 aliphatic carbocycles. The van der Waals surface area contributed by atoms with Gasteiger partial charge in [0.05, 0.1) is 12.2 Å². The van der Waals surface area contributed by atoms with Crippen LogP contribution in [0.1, 0.15) is 36.6 Å². The fourth-order valence-electron chi connectivity index (χ4n) is 4.61. The van der Waals surface area contributed by atoms with Crippen LogP contribution in [0.15, 0.2) is 89.7 Å². The highest BCUT2D eigenvalue weighted by Crippen LogP contribution is 2.40. The van der Waals surface area contributed by atoms with Gasteiger partial charge in [0.15, 0.2) is 11.5 Å². The van der Waals surface area contributed by atoms with Crippen LogP contribution in [-0.4, -0.2) is 33.9 Å². The molecule has 0 saturated heterocycles. The molecule has 0 saturated carbocycles. The quantitative estimate of drug-likeness (QED) is 0.0911. The molecule has 0 amide bonds. The molecule has 0 spiro atoms. The van der Waals surface area contributed by atoms with Gasteiger partial charge in [-0.05, 0) is 55.3 Å². The molecule has 0 radical (unpaired) electrons. The first-order valence-corrected chi connectivity index (χ1v) is 15.8. The summed E-state index contributed by atoms with van der Waals surface area (Å²) in [6.45, 7) is 8.03. The number of anilines is 1. The molecular formula is C32H29Cl3N4O4S. The molecule has 3 aromatic carbocycles. The zero-order valence-corrected chi connectivity index (χ0v) is 27.1. The zero-order chi connectivity index (χ0) is 31.2. The summed E-state index contributed by atoms with van der Waals surface area (Å²) in [6, 6.07) is 17.7. The average molecular weight is 672 g/mol.